The maximum atomic E-state index is 13.2. The molecular weight excluding hydrogens is 357 g/mol. The maximum absolute atomic E-state index is 13.2. The summed E-state index contributed by atoms with van der Waals surface area (Å²) >= 11 is 9.66. The van der Waals surface area contributed by atoms with E-state index in [1.54, 1.807) is 6.07 Å². The highest BCUT2D eigenvalue weighted by molar-refractivity contribution is 9.10. The van der Waals surface area contributed by atoms with Crippen molar-refractivity contribution in [3.05, 3.63) is 62.8 Å². The van der Waals surface area contributed by atoms with E-state index in [9.17, 15) is 4.39 Å². The fraction of sp³-hybridized carbons (Fsp3) is 0.250. The Hall–Kier alpha value is -1.10. The number of hydrogen-bond donors (Lipinski definition) is 1. The number of benzene rings is 2. The fourth-order valence-corrected chi connectivity index (χ4v) is 2.90. The lowest BCUT2D eigenvalue weighted by molar-refractivity contribution is 0.334. The molecule has 0 saturated heterocycles. The first kappa shape index (κ1) is 16.3. The van der Waals surface area contributed by atoms with Crippen molar-refractivity contribution in [3.8, 4) is 5.75 Å². The van der Waals surface area contributed by atoms with E-state index in [-0.39, 0.29) is 11.9 Å². The first-order valence-corrected chi connectivity index (χ1v) is 7.78. The second kappa shape index (κ2) is 7.25. The van der Waals surface area contributed by atoms with Crippen LogP contribution >= 0.6 is 27.5 Å². The van der Waals surface area contributed by atoms with Crippen LogP contribution in [0.15, 0.2) is 40.9 Å². The van der Waals surface area contributed by atoms with E-state index in [2.05, 4.69) is 21.2 Å². The smallest absolute Gasteiger partial charge is 0.124 e. The van der Waals surface area contributed by atoms with Crippen molar-refractivity contribution >= 4 is 27.5 Å². The Balaban J connectivity index is 2.52. The predicted molar refractivity (Wildman–Crippen MR) is 87.6 cm³/mol. The van der Waals surface area contributed by atoms with E-state index in [1.807, 2.05) is 32.2 Å². The lowest BCUT2D eigenvalue weighted by atomic mass is 9.98. The third kappa shape index (κ3) is 3.76. The van der Waals surface area contributed by atoms with Crippen molar-refractivity contribution in [3.63, 3.8) is 0 Å². The lowest BCUT2D eigenvalue weighted by Crippen LogP contribution is -2.19. The Kier molecular flexibility index (Phi) is 5.62. The zero-order chi connectivity index (χ0) is 15.4. The summed E-state index contributed by atoms with van der Waals surface area (Å²) in [5.41, 5.74) is 1.75. The number of hydrogen-bond acceptors (Lipinski definition) is 2. The van der Waals surface area contributed by atoms with Gasteiger partial charge in [-0.15, -0.1) is 0 Å². The summed E-state index contributed by atoms with van der Waals surface area (Å²) in [5.74, 6) is 0.429. The zero-order valence-electron chi connectivity index (χ0n) is 11.8. The average Bonchev–Trinajstić information content (AvgIpc) is 2.45. The van der Waals surface area contributed by atoms with Crippen LogP contribution in [-0.4, -0.2) is 13.7 Å². The van der Waals surface area contributed by atoms with Gasteiger partial charge in [-0.05, 0) is 49.9 Å². The Morgan fingerprint density at radius 3 is 2.62 bits per heavy atom. The molecule has 1 unspecified atom stereocenters. The summed E-state index contributed by atoms with van der Waals surface area (Å²) in [7, 11) is 1.83. The first-order chi connectivity index (χ1) is 10.1. The van der Waals surface area contributed by atoms with E-state index < -0.39 is 0 Å². The Morgan fingerprint density at radius 2 is 2.00 bits per heavy atom. The molecule has 1 N–H and O–H groups in total. The van der Waals surface area contributed by atoms with E-state index in [1.165, 1.54) is 12.1 Å². The van der Waals surface area contributed by atoms with Gasteiger partial charge < -0.3 is 10.1 Å². The molecule has 0 spiro atoms. The fourth-order valence-electron chi connectivity index (χ4n) is 2.25. The van der Waals surface area contributed by atoms with Crippen LogP contribution < -0.4 is 10.1 Å². The molecule has 0 saturated carbocycles. The minimum atomic E-state index is -0.349. The van der Waals surface area contributed by atoms with Crippen molar-refractivity contribution in [2.24, 2.45) is 0 Å². The standard InChI is InChI=1S/C16H16BrClFNO/c1-3-21-15-7-4-10(17)8-13(15)16(20-2)12-6-5-11(19)9-14(12)18/h4-9,16,20H,3H2,1-2H3. The average molecular weight is 373 g/mol. The molecule has 2 nitrogen and oxygen atoms in total. The van der Waals surface area contributed by atoms with E-state index in [0.717, 1.165) is 21.3 Å². The molecule has 0 aliphatic rings. The van der Waals surface area contributed by atoms with Crippen molar-refractivity contribution in [2.45, 2.75) is 13.0 Å². The minimum Gasteiger partial charge on any atom is -0.494 e. The number of ether oxygens (including phenoxy) is 1. The van der Waals surface area contributed by atoms with Gasteiger partial charge >= 0.3 is 0 Å². The third-order valence-electron chi connectivity index (χ3n) is 3.14. The second-order valence-electron chi connectivity index (χ2n) is 4.50. The molecule has 0 aliphatic heterocycles. The summed E-state index contributed by atoms with van der Waals surface area (Å²) in [6.45, 7) is 2.51. The van der Waals surface area contributed by atoms with Gasteiger partial charge in [0.1, 0.15) is 11.6 Å². The highest BCUT2D eigenvalue weighted by Crippen LogP contribution is 2.35. The Labute approximate surface area is 137 Å². The van der Waals surface area contributed by atoms with Crippen LogP contribution in [-0.2, 0) is 0 Å². The molecule has 2 aromatic rings. The van der Waals surface area contributed by atoms with Crippen molar-refractivity contribution in [1.82, 2.24) is 5.32 Å². The normalized spacial score (nSPS) is 12.2. The molecule has 0 radical (unpaired) electrons. The number of nitrogens with one attached hydrogen (secondary N) is 1. The van der Waals surface area contributed by atoms with Crippen LogP contribution in [0.5, 0.6) is 5.75 Å². The molecule has 5 heteroatoms. The quantitative estimate of drug-likeness (QED) is 0.802. The Morgan fingerprint density at radius 1 is 1.24 bits per heavy atom. The topological polar surface area (TPSA) is 21.3 Å². The third-order valence-corrected chi connectivity index (χ3v) is 3.97. The summed E-state index contributed by atoms with van der Waals surface area (Å²) in [6, 6.07) is 10.0. The summed E-state index contributed by atoms with van der Waals surface area (Å²) in [4.78, 5) is 0. The van der Waals surface area contributed by atoms with E-state index >= 15 is 0 Å². The van der Waals surface area contributed by atoms with Gasteiger partial charge in [-0.25, -0.2) is 4.39 Å². The maximum Gasteiger partial charge on any atom is 0.124 e. The molecule has 2 rings (SSSR count). The van der Waals surface area contributed by atoms with Crippen molar-refractivity contribution in [1.29, 1.82) is 0 Å². The van der Waals surface area contributed by atoms with Gasteiger partial charge in [0.05, 0.1) is 12.6 Å². The second-order valence-corrected chi connectivity index (χ2v) is 5.83. The largest absolute Gasteiger partial charge is 0.494 e. The summed E-state index contributed by atoms with van der Waals surface area (Å²) < 4.78 is 19.9. The highest BCUT2D eigenvalue weighted by atomic mass is 79.9. The van der Waals surface area contributed by atoms with Crippen LogP contribution in [0.2, 0.25) is 5.02 Å². The monoisotopic (exact) mass is 371 g/mol. The van der Waals surface area contributed by atoms with Gasteiger partial charge in [0.2, 0.25) is 0 Å². The minimum absolute atomic E-state index is 0.183. The molecule has 0 heterocycles. The van der Waals surface area contributed by atoms with Gasteiger partial charge in [0.25, 0.3) is 0 Å². The van der Waals surface area contributed by atoms with Crippen molar-refractivity contribution in [2.75, 3.05) is 13.7 Å². The van der Waals surface area contributed by atoms with Crippen molar-refractivity contribution < 1.29 is 9.13 Å². The van der Waals surface area contributed by atoms with Crippen LogP contribution in [0.3, 0.4) is 0 Å². The van der Waals surface area contributed by atoms with Crippen LogP contribution in [0.1, 0.15) is 24.1 Å². The molecule has 0 aliphatic carbocycles. The number of halogens is 3. The highest BCUT2D eigenvalue weighted by Gasteiger charge is 2.20. The first-order valence-electron chi connectivity index (χ1n) is 6.61. The van der Waals surface area contributed by atoms with Crippen LogP contribution in [0.25, 0.3) is 0 Å². The Bertz CT molecular complexity index is 636. The molecule has 1 atom stereocenters. The molecule has 112 valence electrons. The molecule has 0 aromatic heterocycles. The zero-order valence-corrected chi connectivity index (χ0v) is 14.1. The molecule has 2 aromatic carbocycles. The van der Waals surface area contributed by atoms with Crippen LogP contribution in [0, 0.1) is 5.82 Å². The van der Waals surface area contributed by atoms with Gasteiger partial charge in [-0.3, -0.25) is 0 Å². The van der Waals surface area contributed by atoms with Crippen LogP contribution in [0.4, 0.5) is 4.39 Å². The van der Waals surface area contributed by atoms with Gasteiger partial charge in [0.15, 0.2) is 0 Å². The van der Waals surface area contributed by atoms with Gasteiger partial charge in [-0.1, -0.05) is 33.6 Å². The molecule has 0 fully saturated rings. The number of rotatable bonds is 5. The predicted octanol–water partition coefficient (Wildman–Crippen LogP) is 4.95. The molecule has 0 bridgehead atoms. The van der Waals surface area contributed by atoms with Gasteiger partial charge in [0, 0.05) is 15.1 Å². The SMILES string of the molecule is CCOc1ccc(Br)cc1C(NC)c1ccc(F)cc1Cl. The summed E-state index contributed by atoms with van der Waals surface area (Å²) in [6.07, 6.45) is 0. The summed E-state index contributed by atoms with van der Waals surface area (Å²) in [5, 5.41) is 3.60. The van der Waals surface area contributed by atoms with Gasteiger partial charge in [-0.2, -0.15) is 0 Å². The van der Waals surface area contributed by atoms with E-state index in [0.29, 0.717) is 11.6 Å². The molecule has 21 heavy (non-hydrogen) atoms. The molecule has 0 amide bonds. The van der Waals surface area contributed by atoms with E-state index in [4.69, 9.17) is 16.3 Å². The molecular formula is C16H16BrClFNO. The lowest BCUT2D eigenvalue weighted by Gasteiger charge is -2.22.